The van der Waals surface area contributed by atoms with E-state index in [4.69, 9.17) is 4.74 Å². The van der Waals surface area contributed by atoms with Crippen molar-refractivity contribution in [1.82, 2.24) is 9.88 Å². The molecule has 2 atom stereocenters. The second-order valence-corrected chi connectivity index (χ2v) is 9.82. The van der Waals surface area contributed by atoms with Crippen LogP contribution in [-0.4, -0.2) is 29.1 Å². The van der Waals surface area contributed by atoms with Crippen molar-refractivity contribution in [2.75, 3.05) is 13.2 Å². The summed E-state index contributed by atoms with van der Waals surface area (Å²) in [4.78, 5) is 19.3. The normalized spacial score (nSPS) is 27.2. The molecule has 0 radical (unpaired) electrons. The molecule has 1 aromatic heterocycles. The van der Waals surface area contributed by atoms with E-state index >= 15 is 0 Å². The molecule has 4 rings (SSSR count). The lowest BCUT2D eigenvalue weighted by Gasteiger charge is -2.40. The minimum atomic E-state index is 0.147. The minimum Gasteiger partial charge on any atom is -0.494 e. The second-order valence-electron chi connectivity index (χ2n) is 9.82. The highest BCUT2D eigenvalue weighted by Crippen LogP contribution is 2.52. The fourth-order valence-corrected chi connectivity index (χ4v) is 5.84. The van der Waals surface area contributed by atoms with Crippen molar-refractivity contribution in [2.45, 2.75) is 66.5 Å². The maximum absolute atomic E-state index is 13.3. The third kappa shape index (κ3) is 3.40. The van der Waals surface area contributed by atoms with Crippen LogP contribution < -0.4 is 10.2 Å². The predicted octanol–water partition coefficient (Wildman–Crippen LogP) is 4.64. The molecule has 2 bridgehead atoms. The highest BCUT2D eigenvalue weighted by Gasteiger charge is 2.49. The van der Waals surface area contributed by atoms with Crippen LogP contribution in [0, 0.1) is 17.8 Å². The van der Waals surface area contributed by atoms with Crippen molar-refractivity contribution in [3.05, 3.63) is 39.7 Å². The van der Waals surface area contributed by atoms with Crippen LogP contribution in [0.15, 0.2) is 23.0 Å². The second kappa shape index (κ2) is 6.37. The predicted molar refractivity (Wildman–Crippen MR) is 110 cm³/mol. The monoisotopic (exact) mass is 368 g/mol. The van der Waals surface area contributed by atoms with Gasteiger partial charge in [0.05, 0.1) is 6.61 Å². The van der Waals surface area contributed by atoms with E-state index in [9.17, 15) is 4.79 Å². The standard InChI is InChI=1S/C23H32N2O2/c1-6-27-17-7-8-20-18(9-17)21(26)19(15(2)24-20)12-25-14-23(5)11-16(25)10-22(3,4)13-23/h7-9,16H,6,10-14H2,1-5H3,(H,24,26)/t16-,23-/m0/s1. The van der Waals surface area contributed by atoms with Crippen LogP contribution >= 0.6 is 0 Å². The van der Waals surface area contributed by atoms with E-state index in [1.165, 1.54) is 19.3 Å². The lowest BCUT2D eigenvalue weighted by molar-refractivity contribution is 0.126. The molecule has 4 nitrogen and oxygen atoms in total. The number of aromatic amines is 1. The number of nitrogens with one attached hydrogen (secondary N) is 1. The Hall–Kier alpha value is -1.81. The Labute approximate surface area is 161 Å². The molecule has 0 amide bonds. The zero-order valence-corrected chi connectivity index (χ0v) is 17.3. The summed E-state index contributed by atoms with van der Waals surface area (Å²) >= 11 is 0. The van der Waals surface area contributed by atoms with Gasteiger partial charge in [-0.25, -0.2) is 0 Å². The van der Waals surface area contributed by atoms with Crippen LogP contribution in [0.5, 0.6) is 5.75 Å². The van der Waals surface area contributed by atoms with Crippen LogP contribution in [0.1, 0.15) is 58.2 Å². The summed E-state index contributed by atoms with van der Waals surface area (Å²) in [6, 6.07) is 6.34. The number of rotatable bonds is 4. The van der Waals surface area contributed by atoms with Crippen LogP contribution in [-0.2, 0) is 6.54 Å². The number of likely N-dealkylation sites (tertiary alicyclic amines) is 1. The summed E-state index contributed by atoms with van der Waals surface area (Å²) < 4.78 is 5.60. The lowest BCUT2D eigenvalue weighted by atomic mass is 9.65. The molecule has 1 aliphatic heterocycles. The topological polar surface area (TPSA) is 45.3 Å². The molecule has 2 heterocycles. The Kier molecular flexibility index (Phi) is 4.38. The third-order valence-electron chi connectivity index (χ3n) is 6.48. The molecule has 27 heavy (non-hydrogen) atoms. The molecule has 2 fully saturated rings. The van der Waals surface area contributed by atoms with E-state index in [1.807, 2.05) is 32.0 Å². The average Bonchev–Trinajstić information content (AvgIpc) is 2.80. The lowest BCUT2D eigenvalue weighted by Crippen LogP contribution is -2.35. The van der Waals surface area contributed by atoms with Gasteiger partial charge in [0.1, 0.15) is 5.75 Å². The first kappa shape index (κ1) is 18.5. The van der Waals surface area contributed by atoms with Gasteiger partial charge in [-0.1, -0.05) is 20.8 Å². The molecule has 2 aliphatic rings. The molecule has 1 aromatic carbocycles. The molecule has 146 valence electrons. The fraction of sp³-hybridized carbons (Fsp3) is 0.609. The van der Waals surface area contributed by atoms with Crippen molar-refractivity contribution >= 4 is 10.9 Å². The SMILES string of the molecule is CCOc1ccc2[nH]c(C)c(CN3C[C@@]4(C)C[C@@H]3CC(C)(C)C4)c(=O)c2c1. The van der Waals surface area contributed by atoms with E-state index < -0.39 is 0 Å². The van der Waals surface area contributed by atoms with Crippen molar-refractivity contribution in [1.29, 1.82) is 0 Å². The van der Waals surface area contributed by atoms with Gasteiger partial charge in [-0.2, -0.15) is 0 Å². The largest absolute Gasteiger partial charge is 0.494 e. The molecular formula is C23H32N2O2. The first-order valence-electron chi connectivity index (χ1n) is 10.2. The summed E-state index contributed by atoms with van der Waals surface area (Å²) in [6.07, 6.45) is 3.76. The highest BCUT2D eigenvalue weighted by molar-refractivity contribution is 5.81. The molecule has 1 N–H and O–H groups in total. The molecule has 1 aliphatic carbocycles. The number of benzene rings is 1. The molecule has 2 aromatic rings. The van der Waals surface area contributed by atoms with E-state index in [0.29, 0.717) is 23.5 Å². The number of ether oxygens (including phenoxy) is 1. The smallest absolute Gasteiger partial charge is 0.194 e. The number of fused-ring (bicyclic) bond motifs is 3. The molecule has 0 spiro atoms. The Bertz CT molecular complexity index is 930. The van der Waals surface area contributed by atoms with Gasteiger partial charge in [-0.15, -0.1) is 0 Å². The maximum atomic E-state index is 13.3. The summed E-state index contributed by atoms with van der Waals surface area (Å²) in [5.74, 6) is 0.761. The quantitative estimate of drug-likeness (QED) is 0.855. The Morgan fingerprint density at radius 2 is 2.04 bits per heavy atom. The summed E-state index contributed by atoms with van der Waals surface area (Å²) in [7, 11) is 0. The van der Waals surface area contributed by atoms with Crippen molar-refractivity contribution < 1.29 is 4.74 Å². The van der Waals surface area contributed by atoms with E-state index in [1.54, 1.807) is 0 Å². The summed E-state index contributed by atoms with van der Waals surface area (Å²) in [5, 5.41) is 0.732. The Morgan fingerprint density at radius 1 is 1.26 bits per heavy atom. The number of nitrogens with zero attached hydrogens (tertiary/aromatic N) is 1. The van der Waals surface area contributed by atoms with Crippen LogP contribution in [0.3, 0.4) is 0 Å². The Balaban J connectivity index is 1.69. The van der Waals surface area contributed by atoms with E-state index in [0.717, 1.165) is 41.0 Å². The van der Waals surface area contributed by atoms with E-state index in [2.05, 4.69) is 30.7 Å². The summed E-state index contributed by atoms with van der Waals surface area (Å²) in [5.41, 5.74) is 3.70. The average molecular weight is 369 g/mol. The first-order chi connectivity index (χ1) is 12.7. The van der Waals surface area contributed by atoms with Gasteiger partial charge < -0.3 is 9.72 Å². The van der Waals surface area contributed by atoms with E-state index in [-0.39, 0.29) is 5.43 Å². The van der Waals surface area contributed by atoms with Crippen LogP contribution in [0.25, 0.3) is 10.9 Å². The van der Waals surface area contributed by atoms with Crippen LogP contribution in [0.2, 0.25) is 0 Å². The van der Waals surface area contributed by atoms with Crippen LogP contribution in [0.4, 0.5) is 0 Å². The van der Waals surface area contributed by atoms with Gasteiger partial charge in [-0.05, 0) is 62.1 Å². The molecule has 1 saturated carbocycles. The number of hydrogen-bond acceptors (Lipinski definition) is 3. The van der Waals surface area contributed by atoms with Gasteiger partial charge in [0.2, 0.25) is 0 Å². The van der Waals surface area contributed by atoms with Gasteiger partial charge in [0.15, 0.2) is 5.43 Å². The minimum absolute atomic E-state index is 0.147. The molecule has 1 saturated heterocycles. The number of aromatic nitrogens is 1. The molecular weight excluding hydrogens is 336 g/mol. The van der Waals surface area contributed by atoms with Crippen molar-refractivity contribution in [3.63, 3.8) is 0 Å². The Morgan fingerprint density at radius 3 is 2.78 bits per heavy atom. The highest BCUT2D eigenvalue weighted by atomic mass is 16.5. The van der Waals surface area contributed by atoms with Gasteiger partial charge in [-0.3, -0.25) is 9.69 Å². The molecule has 4 heteroatoms. The zero-order valence-electron chi connectivity index (χ0n) is 17.3. The van der Waals surface area contributed by atoms with Crippen molar-refractivity contribution in [3.8, 4) is 5.75 Å². The molecule has 0 unspecified atom stereocenters. The van der Waals surface area contributed by atoms with Gasteiger partial charge in [0.25, 0.3) is 0 Å². The number of aryl methyl sites for hydroxylation is 1. The zero-order chi connectivity index (χ0) is 19.4. The van der Waals surface area contributed by atoms with Gasteiger partial charge in [0, 0.05) is 41.3 Å². The first-order valence-corrected chi connectivity index (χ1v) is 10.2. The summed E-state index contributed by atoms with van der Waals surface area (Å²) in [6.45, 7) is 13.6. The van der Waals surface area contributed by atoms with Crippen molar-refractivity contribution in [2.24, 2.45) is 10.8 Å². The third-order valence-corrected chi connectivity index (χ3v) is 6.48. The fourth-order valence-electron chi connectivity index (χ4n) is 5.84. The number of hydrogen-bond donors (Lipinski definition) is 1. The van der Waals surface area contributed by atoms with Gasteiger partial charge >= 0.3 is 0 Å². The maximum Gasteiger partial charge on any atom is 0.194 e. The number of pyridine rings is 1. The number of H-pyrrole nitrogens is 1.